The van der Waals surface area contributed by atoms with Gasteiger partial charge < -0.3 is 23.8 Å². The Balaban J connectivity index is 0.000000338. The Labute approximate surface area is 182 Å². The zero-order chi connectivity index (χ0) is 21.9. The number of benzene rings is 1. The number of nitrogens with zero attached hydrogens (tertiary/aromatic N) is 2. The van der Waals surface area contributed by atoms with Crippen molar-refractivity contribution >= 4 is 35.0 Å². The van der Waals surface area contributed by atoms with Gasteiger partial charge in [-0.1, -0.05) is 20.3 Å². The summed E-state index contributed by atoms with van der Waals surface area (Å²) >= 11 is 5.27. The smallest absolute Gasteiger partial charge is 0.414 e. The highest BCUT2D eigenvalue weighted by Gasteiger charge is 2.29. The number of epoxide rings is 2. The molecule has 2 atom stereocenters. The molecule has 0 radical (unpaired) electrons. The van der Waals surface area contributed by atoms with Crippen LogP contribution in [0.25, 0.3) is 0 Å². The maximum Gasteiger partial charge on any atom is 0.414 e. The minimum atomic E-state index is -0.425. The maximum atomic E-state index is 11.9. The van der Waals surface area contributed by atoms with Gasteiger partial charge in [0.05, 0.1) is 51.6 Å². The predicted octanol–water partition coefficient (Wildman–Crippen LogP) is 3.06. The fourth-order valence-electron chi connectivity index (χ4n) is 2.53. The first-order chi connectivity index (χ1) is 14.5. The quantitative estimate of drug-likeness (QED) is 0.514. The molecule has 4 rings (SSSR count). The van der Waals surface area contributed by atoms with E-state index in [0.29, 0.717) is 44.0 Å². The first-order valence-corrected chi connectivity index (χ1v) is 10.7. The summed E-state index contributed by atoms with van der Waals surface area (Å²) in [5.41, 5.74) is 1.51. The van der Waals surface area contributed by atoms with Crippen LogP contribution in [0.4, 0.5) is 16.2 Å². The molecule has 3 aliphatic heterocycles. The van der Waals surface area contributed by atoms with E-state index in [0.717, 1.165) is 12.3 Å². The zero-order valence-electron chi connectivity index (χ0n) is 17.8. The summed E-state index contributed by atoms with van der Waals surface area (Å²) < 4.78 is 19.8. The van der Waals surface area contributed by atoms with Crippen molar-refractivity contribution in [2.75, 3.05) is 62.3 Å². The second-order valence-corrected chi connectivity index (χ2v) is 7.28. The van der Waals surface area contributed by atoms with Crippen molar-refractivity contribution in [3.8, 4) is 0 Å². The standard InChI is InChI=1S/C15H18N2O5.C3H5ClO.C3H8/c1-20-15(19)17(8-13-9-22-13)12-4-2-11(3-5-12)16-6-7-21-10-14(16)18;4-1-3-2-5-3;1-3-2/h2-5,13H,6-10H2,1H3;3H,1-2H2;3H2,1-2H3. The highest BCUT2D eigenvalue weighted by Crippen LogP contribution is 2.24. The number of carbonyl (C=O) groups is 2. The first-order valence-electron chi connectivity index (χ1n) is 10.2. The second-order valence-electron chi connectivity index (χ2n) is 6.97. The molecule has 0 spiro atoms. The Morgan fingerprint density at radius 1 is 1.20 bits per heavy atom. The number of hydrogen-bond acceptors (Lipinski definition) is 6. The third-order valence-corrected chi connectivity index (χ3v) is 4.56. The average Bonchev–Trinajstić information content (AvgIpc) is 3.68. The van der Waals surface area contributed by atoms with Crippen molar-refractivity contribution < 1.29 is 28.5 Å². The number of carbonyl (C=O) groups excluding carboxylic acids is 2. The van der Waals surface area contributed by atoms with Crippen LogP contribution in [0.15, 0.2) is 24.3 Å². The molecule has 8 nitrogen and oxygen atoms in total. The van der Waals surface area contributed by atoms with Gasteiger partial charge >= 0.3 is 6.09 Å². The van der Waals surface area contributed by atoms with Gasteiger partial charge in [0.25, 0.3) is 5.91 Å². The molecule has 0 aliphatic carbocycles. The third kappa shape index (κ3) is 8.10. The van der Waals surface area contributed by atoms with Crippen LogP contribution in [-0.2, 0) is 23.7 Å². The molecule has 3 saturated heterocycles. The molecular weight excluding hydrogens is 412 g/mol. The molecule has 30 heavy (non-hydrogen) atoms. The van der Waals surface area contributed by atoms with E-state index in [-0.39, 0.29) is 18.6 Å². The number of alkyl halides is 1. The molecule has 0 aromatic heterocycles. The number of morpholine rings is 1. The van der Waals surface area contributed by atoms with E-state index in [1.54, 1.807) is 17.0 Å². The Bertz CT molecular complexity index is 664. The molecular formula is C21H31ClN2O6. The van der Waals surface area contributed by atoms with E-state index in [1.165, 1.54) is 18.4 Å². The third-order valence-electron chi connectivity index (χ3n) is 4.22. The van der Waals surface area contributed by atoms with E-state index >= 15 is 0 Å². The predicted molar refractivity (Wildman–Crippen MR) is 116 cm³/mol. The molecule has 0 saturated carbocycles. The minimum absolute atomic E-state index is 0.0600. The van der Waals surface area contributed by atoms with Crippen LogP contribution in [0.1, 0.15) is 20.3 Å². The van der Waals surface area contributed by atoms with E-state index in [4.69, 9.17) is 30.5 Å². The van der Waals surface area contributed by atoms with Crippen molar-refractivity contribution in [1.29, 1.82) is 0 Å². The Morgan fingerprint density at radius 2 is 1.80 bits per heavy atom. The Hall–Kier alpha value is -1.87. The molecule has 3 aliphatic rings. The van der Waals surface area contributed by atoms with Crippen LogP contribution in [-0.4, -0.2) is 76.7 Å². The van der Waals surface area contributed by atoms with Crippen LogP contribution in [0.3, 0.4) is 0 Å². The van der Waals surface area contributed by atoms with Gasteiger partial charge in [0.2, 0.25) is 0 Å². The van der Waals surface area contributed by atoms with E-state index in [9.17, 15) is 9.59 Å². The maximum absolute atomic E-state index is 11.9. The van der Waals surface area contributed by atoms with Gasteiger partial charge in [-0.15, -0.1) is 11.6 Å². The van der Waals surface area contributed by atoms with Crippen molar-refractivity contribution in [3.05, 3.63) is 24.3 Å². The monoisotopic (exact) mass is 442 g/mol. The number of amides is 2. The number of ether oxygens (including phenoxy) is 4. The lowest BCUT2D eigenvalue weighted by Crippen LogP contribution is -2.41. The second kappa shape index (κ2) is 12.7. The van der Waals surface area contributed by atoms with Gasteiger partial charge in [-0.05, 0) is 24.3 Å². The number of hydrogen-bond donors (Lipinski definition) is 0. The largest absolute Gasteiger partial charge is 0.452 e. The molecule has 2 amide bonds. The van der Waals surface area contributed by atoms with Crippen LogP contribution >= 0.6 is 11.6 Å². The number of rotatable bonds is 5. The van der Waals surface area contributed by atoms with Gasteiger partial charge in [0, 0.05) is 17.9 Å². The first kappa shape index (κ1) is 24.4. The molecule has 3 heterocycles. The average molecular weight is 443 g/mol. The topological polar surface area (TPSA) is 84.1 Å². The summed E-state index contributed by atoms with van der Waals surface area (Å²) in [6, 6.07) is 7.25. The molecule has 2 unspecified atom stereocenters. The Morgan fingerprint density at radius 3 is 2.23 bits per heavy atom. The van der Waals surface area contributed by atoms with Crippen LogP contribution in [0, 0.1) is 0 Å². The molecule has 1 aromatic rings. The van der Waals surface area contributed by atoms with E-state index in [2.05, 4.69) is 13.8 Å². The fraction of sp³-hybridized carbons (Fsp3) is 0.619. The summed E-state index contributed by atoms with van der Waals surface area (Å²) in [6.07, 6.45) is 1.29. The van der Waals surface area contributed by atoms with Crippen molar-refractivity contribution in [2.45, 2.75) is 32.5 Å². The summed E-state index contributed by atoms with van der Waals surface area (Å²) in [5, 5.41) is 0. The molecule has 0 N–H and O–H groups in total. The summed E-state index contributed by atoms with van der Waals surface area (Å²) in [7, 11) is 1.35. The van der Waals surface area contributed by atoms with Crippen LogP contribution < -0.4 is 9.80 Å². The molecule has 0 bridgehead atoms. The van der Waals surface area contributed by atoms with Crippen LogP contribution in [0.2, 0.25) is 0 Å². The SMILES string of the molecule is CCC.COC(=O)N(CC1CO1)c1ccc(N2CCOCC2=O)cc1.ClCC1CO1. The van der Waals surface area contributed by atoms with Gasteiger partial charge in [-0.25, -0.2) is 4.79 Å². The van der Waals surface area contributed by atoms with E-state index < -0.39 is 6.09 Å². The van der Waals surface area contributed by atoms with Gasteiger partial charge in [0.15, 0.2) is 0 Å². The summed E-state index contributed by atoms with van der Waals surface area (Å²) in [5.74, 6) is 0.607. The van der Waals surface area contributed by atoms with Gasteiger partial charge in [-0.3, -0.25) is 9.69 Å². The molecule has 3 fully saturated rings. The lowest BCUT2D eigenvalue weighted by Gasteiger charge is -2.27. The minimum Gasteiger partial charge on any atom is -0.452 e. The molecule has 1 aromatic carbocycles. The zero-order valence-corrected chi connectivity index (χ0v) is 18.6. The molecule has 168 valence electrons. The van der Waals surface area contributed by atoms with E-state index in [1.807, 2.05) is 12.1 Å². The number of halogens is 1. The highest BCUT2D eigenvalue weighted by atomic mass is 35.5. The van der Waals surface area contributed by atoms with Crippen molar-refractivity contribution in [2.24, 2.45) is 0 Å². The lowest BCUT2D eigenvalue weighted by molar-refractivity contribution is -0.125. The van der Waals surface area contributed by atoms with Gasteiger partial charge in [0.1, 0.15) is 6.61 Å². The number of methoxy groups -OCH3 is 1. The highest BCUT2D eigenvalue weighted by molar-refractivity contribution is 6.18. The normalized spacial score (nSPS) is 21.5. The Kier molecular flexibility index (Phi) is 10.4. The van der Waals surface area contributed by atoms with Crippen molar-refractivity contribution in [3.63, 3.8) is 0 Å². The van der Waals surface area contributed by atoms with Crippen molar-refractivity contribution in [1.82, 2.24) is 0 Å². The van der Waals surface area contributed by atoms with Crippen LogP contribution in [0.5, 0.6) is 0 Å². The lowest BCUT2D eigenvalue weighted by atomic mass is 10.2. The number of anilines is 2. The summed E-state index contributed by atoms with van der Waals surface area (Å²) in [4.78, 5) is 26.9. The fourth-order valence-corrected chi connectivity index (χ4v) is 2.71. The summed E-state index contributed by atoms with van der Waals surface area (Å²) in [6.45, 7) is 7.42. The van der Waals surface area contributed by atoms with Gasteiger partial charge in [-0.2, -0.15) is 0 Å². The molecule has 9 heteroatoms.